The molecule has 108 valence electrons. The van der Waals surface area contributed by atoms with Gasteiger partial charge in [-0.3, -0.25) is 4.79 Å². The van der Waals surface area contributed by atoms with Crippen molar-refractivity contribution in [3.8, 4) is 0 Å². The largest absolute Gasteiger partial charge is 0.392 e. The number of amides is 1. The van der Waals surface area contributed by atoms with Gasteiger partial charge in [-0.1, -0.05) is 37.0 Å². The number of benzene rings is 1. The van der Waals surface area contributed by atoms with Crippen molar-refractivity contribution in [3.63, 3.8) is 0 Å². The van der Waals surface area contributed by atoms with Gasteiger partial charge in [0.2, 0.25) is 5.91 Å². The lowest BCUT2D eigenvalue weighted by Crippen LogP contribution is -2.60. The number of rotatable bonds is 3. The Morgan fingerprint density at radius 2 is 2.15 bits per heavy atom. The molecule has 3 nitrogen and oxygen atoms in total. The number of aliphatic hydroxyl groups is 1. The lowest BCUT2D eigenvalue weighted by atomic mass is 9.64. The van der Waals surface area contributed by atoms with Gasteiger partial charge >= 0.3 is 0 Å². The summed E-state index contributed by atoms with van der Waals surface area (Å²) >= 11 is 11.9. The minimum atomic E-state index is -0.362. The maximum Gasteiger partial charge on any atom is 0.244 e. The first-order chi connectivity index (χ1) is 9.30. The number of hydrogen-bond acceptors (Lipinski definition) is 2. The molecule has 0 saturated heterocycles. The van der Waals surface area contributed by atoms with E-state index in [1.54, 1.807) is 24.3 Å². The van der Waals surface area contributed by atoms with E-state index in [0.29, 0.717) is 22.0 Å². The summed E-state index contributed by atoms with van der Waals surface area (Å²) in [4.78, 5) is 11.9. The quantitative estimate of drug-likeness (QED) is 0.841. The van der Waals surface area contributed by atoms with Gasteiger partial charge in [0.05, 0.1) is 6.10 Å². The average Bonchev–Trinajstić information content (AvgIpc) is 2.39. The van der Waals surface area contributed by atoms with E-state index in [-0.39, 0.29) is 23.5 Å². The van der Waals surface area contributed by atoms with Crippen molar-refractivity contribution in [3.05, 3.63) is 39.9 Å². The van der Waals surface area contributed by atoms with E-state index in [2.05, 4.69) is 5.32 Å². The molecule has 2 rings (SSSR count). The molecule has 1 saturated carbocycles. The Bertz CT molecular complexity index is 555. The van der Waals surface area contributed by atoms with Crippen LogP contribution in [-0.2, 0) is 4.79 Å². The summed E-state index contributed by atoms with van der Waals surface area (Å²) in [5.74, 6) is -0.203. The van der Waals surface area contributed by atoms with Crippen LogP contribution in [0.3, 0.4) is 0 Å². The molecular weight excluding hydrogens is 297 g/mol. The fraction of sp³-hybridized carbons (Fsp3) is 0.400. The first-order valence-electron chi connectivity index (χ1n) is 6.42. The Morgan fingerprint density at radius 3 is 2.75 bits per heavy atom. The summed E-state index contributed by atoms with van der Waals surface area (Å²) < 4.78 is 0. The molecule has 1 amide bonds. The molecular formula is C15H17Cl2NO2. The van der Waals surface area contributed by atoms with Crippen molar-refractivity contribution in [2.75, 3.05) is 0 Å². The number of carbonyl (C=O) groups excluding carboxylic acids is 1. The molecule has 1 aliphatic carbocycles. The van der Waals surface area contributed by atoms with Gasteiger partial charge in [0.15, 0.2) is 0 Å². The molecule has 20 heavy (non-hydrogen) atoms. The maximum atomic E-state index is 11.9. The summed E-state index contributed by atoms with van der Waals surface area (Å²) in [5, 5.41) is 13.6. The Balaban J connectivity index is 1.98. The van der Waals surface area contributed by atoms with Gasteiger partial charge < -0.3 is 10.4 Å². The van der Waals surface area contributed by atoms with Gasteiger partial charge in [0.1, 0.15) is 0 Å². The van der Waals surface area contributed by atoms with Crippen molar-refractivity contribution in [2.24, 2.45) is 5.41 Å². The molecule has 0 radical (unpaired) electrons. The first-order valence-corrected chi connectivity index (χ1v) is 7.18. The minimum absolute atomic E-state index is 0.00974. The molecule has 0 heterocycles. The summed E-state index contributed by atoms with van der Waals surface area (Å²) in [6, 6.07) is 5.07. The third-order valence-corrected chi connectivity index (χ3v) is 4.48. The molecule has 0 aliphatic heterocycles. The smallest absolute Gasteiger partial charge is 0.244 e. The van der Waals surface area contributed by atoms with Crippen LogP contribution in [0.5, 0.6) is 0 Å². The number of halogens is 2. The second-order valence-corrected chi connectivity index (χ2v) is 6.48. The van der Waals surface area contributed by atoms with E-state index >= 15 is 0 Å². The fourth-order valence-corrected chi connectivity index (χ4v) is 2.54. The van der Waals surface area contributed by atoms with Crippen LogP contribution in [-0.4, -0.2) is 23.2 Å². The van der Waals surface area contributed by atoms with E-state index in [1.165, 1.54) is 6.08 Å². The summed E-state index contributed by atoms with van der Waals surface area (Å²) in [7, 11) is 0. The normalized spacial score (nSPS) is 24.4. The van der Waals surface area contributed by atoms with Gasteiger partial charge in [-0.15, -0.1) is 0 Å². The topological polar surface area (TPSA) is 49.3 Å². The van der Waals surface area contributed by atoms with Crippen LogP contribution in [0.15, 0.2) is 24.3 Å². The maximum absolute atomic E-state index is 11.9. The van der Waals surface area contributed by atoms with Crippen LogP contribution in [0.2, 0.25) is 10.0 Å². The summed E-state index contributed by atoms with van der Waals surface area (Å²) in [6.45, 7) is 3.87. The van der Waals surface area contributed by atoms with E-state index in [1.807, 2.05) is 13.8 Å². The monoisotopic (exact) mass is 313 g/mol. The third-order valence-electron chi connectivity index (χ3n) is 3.90. The van der Waals surface area contributed by atoms with Gasteiger partial charge in [-0.2, -0.15) is 0 Å². The lowest BCUT2D eigenvalue weighted by molar-refractivity contribution is -0.124. The fourth-order valence-electron chi connectivity index (χ4n) is 2.18. The molecule has 1 aliphatic rings. The highest BCUT2D eigenvalue weighted by molar-refractivity contribution is 6.34. The molecule has 2 unspecified atom stereocenters. The number of hydrogen-bond donors (Lipinski definition) is 2. The average molecular weight is 314 g/mol. The summed E-state index contributed by atoms with van der Waals surface area (Å²) in [6.07, 6.45) is 3.29. The highest BCUT2D eigenvalue weighted by Crippen LogP contribution is 2.40. The van der Waals surface area contributed by atoms with Crippen molar-refractivity contribution < 1.29 is 9.90 Å². The minimum Gasteiger partial charge on any atom is -0.392 e. The summed E-state index contributed by atoms with van der Waals surface area (Å²) in [5.41, 5.74) is 0.416. The molecule has 1 aromatic rings. The zero-order valence-corrected chi connectivity index (χ0v) is 12.9. The first kappa shape index (κ1) is 15.4. The molecule has 0 spiro atoms. The Morgan fingerprint density at radius 1 is 1.45 bits per heavy atom. The molecule has 1 aromatic carbocycles. The van der Waals surface area contributed by atoms with Crippen LogP contribution in [0, 0.1) is 5.41 Å². The second kappa shape index (κ2) is 5.76. The van der Waals surface area contributed by atoms with E-state index in [9.17, 15) is 9.90 Å². The van der Waals surface area contributed by atoms with Crippen molar-refractivity contribution in [2.45, 2.75) is 32.4 Å². The van der Waals surface area contributed by atoms with Gasteiger partial charge in [0.25, 0.3) is 0 Å². The van der Waals surface area contributed by atoms with Gasteiger partial charge in [0, 0.05) is 27.6 Å². The zero-order chi connectivity index (χ0) is 14.9. The SMILES string of the molecule is CC1(C)C(O)CC1NC(=O)/C=C/c1cc(Cl)ccc1Cl. The molecule has 1 fully saturated rings. The Hall–Kier alpha value is -1.03. The van der Waals surface area contributed by atoms with Crippen molar-refractivity contribution in [1.82, 2.24) is 5.32 Å². The second-order valence-electron chi connectivity index (χ2n) is 5.63. The highest BCUT2D eigenvalue weighted by Gasteiger charge is 2.47. The van der Waals surface area contributed by atoms with E-state index in [4.69, 9.17) is 23.2 Å². The molecule has 2 N–H and O–H groups in total. The van der Waals surface area contributed by atoms with Crippen molar-refractivity contribution in [1.29, 1.82) is 0 Å². The molecule has 0 aromatic heterocycles. The molecule has 0 bridgehead atoms. The zero-order valence-electron chi connectivity index (χ0n) is 11.4. The van der Waals surface area contributed by atoms with Gasteiger partial charge in [-0.25, -0.2) is 0 Å². The standard InChI is InChI=1S/C15H17Cl2NO2/c1-15(2)12(8-13(15)19)18-14(20)6-3-9-7-10(16)4-5-11(9)17/h3-7,12-13,19H,8H2,1-2H3,(H,18,20)/b6-3+. The van der Waals surface area contributed by atoms with E-state index < -0.39 is 0 Å². The van der Waals surface area contributed by atoms with Crippen LogP contribution in [0.4, 0.5) is 0 Å². The highest BCUT2D eigenvalue weighted by atomic mass is 35.5. The number of carbonyl (C=O) groups is 1. The Kier molecular flexibility index (Phi) is 4.43. The Labute approximate surface area is 128 Å². The number of aliphatic hydroxyl groups excluding tert-OH is 1. The van der Waals surface area contributed by atoms with Crippen molar-refractivity contribution >= 4 is 35.2 Å². The molecule has 5 heteroatoms. The van der Waals surface area contributed by atoms with Crippen LogP contribution >= 0.6 is 23.2 Å². The third kappa shape index (κ3) is 3.17. The predicted molar refractivity (Wildman–Crippen MR) is 81.8 cm³/mol. The lowest BCUT2D eigenvalue weighted by Gasteiger charge is -2.49. The molecule has 2 atom stereocenters. The number of nitrogens with one attached hydrogen (secondary N) is 1. The predicted octanol–water partition coefficient (Wildman–Crippen LogP) is 3.28. The van der Waals surface area contributed by atoms with E-state index in [0.717, 1.165) is 0 Å². The van der Waals surface area contributed by atoms with Gasteiger partial charge in [-0.05, 0) is 36.3 Å². The van der Waals surface area contributed by atoms with Crippen LogP contribution < -0.4 is 5.32 Å². The van der Waals surface area contributed by atoms with Crippen LogP contribution in [0.1, 0.15) is 25.8 Å². The van der Waals surface area contributed by atoms with Crippen LogP contribution in [0.25, 0.3) is 6.08 Å².